The van der Waals surface area contributed by atoms with Gasteiger partial charge in [0.05, 0.1) is 0 Å². The van der Waals surface area contributed by atoms with Gasteiger partial charge in [-0.2, -0.15) is 9.83 Å². The number of carbonyl (C=O) groups is 2. The summed E-state index contributed by atoms with van der Waals surface area (Å²) in [6.07, 6.45) is 4.18. The molecule has 1 fully saturated rings. The number of pyridine rings is 1. The van der Waals surface area contributed by atoms with Crippen LogP contribution in [-0.4, -0.2) is 47.0 Å². The molecule has 1 aliphatic rings. The topological polar surface area (TPSA) is 96.2 Å². The second kappa shape index (κ2) is 8.36. The summed E-state index contributed by atoms with van der Waals surface area (Å²) in [6, 6.07) is 14.5. The van der Waals surface area contributed by atoms with Crippen molar-refractivity contribution < 1.29 is 14.3 Å². The van der Waals surface area contributed by atoms with Crippen LogP contribution in [0.1, 0.15) is 45.3 Å². The van der Waals surface area contributed by atoms with Gasteiger partial charge in [0, 0.05) is 43.5 Å². The summed E-state index contributed by atoms with van der Waals surface area (Å²) in [5.74, 6) is -0.111. The molecule has 8 nitrogen and oxygen atoms in total. The van der Waals surface area contributed by atoms with E-state index in [1.165, 1.54) is 12.4 Å². The molecule has 1 aromatic carbocycles. The first kappa shape index (κ1) is 19.6. The normalized spacial score (nSPS) is 14.5. The van der Waals surface area contributed by atoms with E-state index in [0.717, 1.165) is 24.2 Å². The number of aromatic amines is 1. The van der Waals surface area contributed by atoms with Crippen molar-refractivity contribution in [3.8, 4) is 0 Å². The van der Waals surface area contributed by atoms with Crippen molar-refractivity contribution in [2.24, 2.45) is 0 Å². The summed E-state index contributed by atoms with van der Waals surface area (Å²) in [6.45, 7) is 1.17. The zero-order chi connectivity index (χ0) is 21.1. The van der Waals surface area contributed by atoms with Crippen LogP contribution in [0, 0.1) is 5.21 Å². The molecule has 3 aromatic rings. The standard InChI is InChI=1S/C22H23N5O3/c1-25(18-7-3-2-4-8-18)22(29)20-14-19(23-24-20)16-9-12-26(13-10-16)21(28)17-6-5-11-27(30)15-17/h2-8,11,14-16H,9-10,12-13H2,1H3,(H,23,24). The molecule has 0 saturated carbocycles. The summed E-state index contributed by atoms with van der Waals surface area (Å²) in [7, 11) is 1.73. The Kier molecular flexibility index (Phi) is 5.47. The van der Waals surface area contributed by atoms with Crippen molar-refractivity contribution in [3.05, 3.63) is 83.1 Å². The van der Waals surface area contributed by atoms with Gasteiger partial charge < -0.3 is 15.0 Å². The lowest BCUT2D eigenvalue weighted by Gasteiger charge is -2.31. The Morgan fingerprint density at radius 3 is 2.60 bits per heavy atom. The molecular formula is C22H23N5O3. The van der Waals surface area contributed by atoms with Crippen LogP contribution in [0.5, 0.6) is 0 Å². The van der Waals surface area contributed by atoms with Gasteiger partial charge in [-0.15, -0.1) is 0 Å². The van der Waals surface area contributed by atoms with E-state index in [1.807, 2.05) is 36.4 Å². The molecule has 0 spiro atoms. The molecule has 30 heavy (non-hydrogen) atoms. The van der Waals surface area contributed by atoms with Crippen molar-refractivity contribution in [1.29, 1.82) is 0 Å². The van der Waals surface area contributed by atoms with Gasteiger partial charge in [0.15, 0.2) is 18.1 Å². The van der Waals surface area contributed by atoms with Crippen molar-refractivity contribution in [3.63, 3.8) is 0 Å². The van der Waals surface area contributed by atoms with E-state index in [4.69, 9.17) is 0 Å². The van der Waals surface area contributed by atoms with Crippen LogP contribution in [0.4, 0.5) is 5.69 Å². The first-order valence-electron chi connectivity index (χ1n) is 9.89. The zero-order valence-electron chi connectivity index (χ0n) is 16.7. The van der Waals surface area contributed by atoms with E-state index >= 15 is 0 Å². The quantitative estimate of drug-likeness (QED) is 0.532. The number of aromatic nitrogens is 3. The minimum atomic E-state index is -0.175. The largest absolute Gasteiger partial charge is 0.619 e. The van der Waals surface area contributed by atoms with Crippen molar-refractivity contribution in [2.45, 2.75) is 18.8 Å². The van der Waals surface area contributed by atoms with Gasteiger partial charge >= 0.3 is 0 Å². The molecule has 0 unspecified atom stereocenters. The van der Waals surface area contributed by atoms with E-state index in [-0.39, 0.29) is 17.7 Å². The Morgan fingerprint density at radius 2 is 1.90 bits per heavy atom. The third kappa shape index (κ3) is 4.03. The predicted molar refractivity (Wildman–Crippen MR) is 111 cm³/mol. The maximum Gasteiger partial charge on any atom is 0.278 e. The average Bonchev–Trinajstić information content (AvgIpc) is 3.28. The van der Waals surface area contributed by atoms with Gasteiger partial charge in [0.2, 0.25) is 0 Å². The fraction of sp³-hybridized carbons (Fsp3) is 0.273. The van der Waals surface area contributed by atoms with Gasteiger partial charge in [0.25, 0.3) is 11.8 Å². The molecular weight excluding hydrogens is 382 g/mol. The van der Waals surface area contributed by atoms with Gasteiger partial charge in [-0.25, -0.2) is 0 Å². The van der Waals surface area contributed by atoms with Crippen LogP contribution in [0.25, 0.3) is 0 Å². The number of rotatable bonds is 4. The second-order valence-electron chi connectivity index (χ2n) is 7.43. The Labute approximate surface area is 174 Å². The van der Waals surface area contributed by atoms with Crippen LogP contribution in [0.3, 0.4) is 0 Å². The fourth-order valence-electron chi connectivity index (χ4n) is 3.75. The number of piperidine rings is 1. The number of nitrogens with zero attached hydrogens (tertiary/aromatic N) is 4. The molecule has 8 heteroatoms. The second-order valence-corrected chi connectivity index (χ2v) is 7.43. The number of hydrogen-bond donors (Lipinski definition) is 1. The van der Waals surface area contributed by atoms with Crippen molar-refractivity contribution >= 4 is 17.5 Å². The number of carbonyl (C=O) groups excluding carboxylic acids is 2. The maximum absolute atomic E-state index is 12.7. The minimum absolute atomic E-state index is 0.136. The minimum Gasteiger partial charge on any atom is -0.619 e. The number of anilines is 1. The average molecular weight is 405 g/mol. The maximum atomic E-state index is 12.7. The summed E-state index contributed by atoms with van der Waals surface area (Å²) in [4.78, 5) is 28.7. The molecule has 0 atom stereocenters. The van der Waals surface area contributed by atoms with E-state index in [2.05, 4.69) is 10.2 Å². The highest BCUT2D eigenvalue weighted by Crippen LogP contribution is 2.28. The lowest BCUT2D eigenvalue weighted by atomic mass is 9.93. The van der Waals surface area contributed by atoms with Crippen LogP contribution >= 0.6 is 0 Å². The van der Waals surface area contributed by atoms with Crippen LogP contribution in [0.15, 0.2) is 60.9 Å². The molecule has 2 amide bonds. The van der Waals surface area contributed by atoms with Gasteiger partial charge in [-0.3, -0.25) is 14.7 Å². The van der Waals surface area contributed by atoms with E-state index in [9.17, 15) is 14.8 Å². The highest BCUT2D eigenvalue weighted by molar-refractivity contribution is 6.04. The van der Waals surface area contributed by atoms with Gasteiger partial charge in [-0.05, 0) is 37.1 Å². The number of H-pyrrole nitrogens is 1. The Morgan fingerprint density at radius 1 is 1.17 bits per heavy atom. The monoisotopic (exact) mass is 405 g/mol. The fourth-order valence-corrected chi connectivity index (χ4v) is 3.75. The SMILES string of the molecule is CN(C(=O)c1cc(C2CCN(C(=O)c3ccc[n+]([O-])c3)CC2)[nH]n1)c1ccccc1. The molecule has 0 aliphatic carbocycles. The summed E-state index contributed by atoms with van der Waals surface area (Å²) >= 11 is 0. The smallest absolute Gasteiger partial charge is 0.278 e. The van der Waals surface area contributed by atoms with Crippen LogP contribution in [-0.2, 0) is 0 Å². The first-order valence-corrected chi connectivity index (χ1v) is 9.89. The van der Waals surface area contributed by atoms with Crippen molar-refractivity contribution in [1.82, 2.24) is 15.1 Å². The van der Waals surface area contributed by atoms with E-state index in [1.54, 1.807) is 29.0 Å². The Bertz CT molecular complexity index is 1040. The zero-order valence-corrected chi connectivity index (χ0v) is 16.7. The number of benzene rings is 1. The molecule has 0 bridgehead atoms. The van der Waals surface area contributed by atoms with Crippen molar-refractivity contribution in [2.75, 3.05) is 25.0 Å². The Hall–Kier alpha value is -3.68. The van der Waals surface area contributed by atoms with Gasteiger partial charge in [-0.1, -0.05) is 18.2 Å². The Balaban J connectivity index is 1.38. The van der Waals surface area contributed by atoms with Crippen LogP contribution in [0.2, 0.25) is 0 Å². The molecule has 3 heterocycles. The third-order valence-electron chi connectivity index (χ3n) is 5.51. The molecule has 1 aliphatic heterocycles. The molecule has 154 valence electrons. The highest BCUT2D eigenvalue weighted by Gasteiger charge is 2.27. The predicted octanol–water partition coefficient (Wildman–Crippen LogP) is 2.34. The van der Waals surface area contributed by atoms with E-state index < -0.39 is 0 Å². The number of likely N-dealkylation sites (tertiary alicyclic amines) is 1. The molecule has 1 saturated heterocycles. The summed E-state index contributed by atoms with van der Waals surface area (Å²) < 4.78 is 0.635. The number of nitrogens with one attached hydrogen (secondary N) is 1. The first-order chi connectivity index (χ1) is 14.5. The van der Waals surface area contributed by atoms with Crippen LogP contribution < -0.4 is 9.63 Å². The highest BCUT2D eigenvalue weighted by atomic mass is 16.5. The third-order valence-corrected chi connectivity index (χ3v) is 5.51. The summed E-state index contributed by atoms with van der Waals surface area (Å²) in [5, 5.41) is 18.6. The lowest BCUT2D eigenvalue weighted by Crippen LogP contribution is -2.39. The van der Waals surface area contributed by atoms with Gasteiger partial charge in [0.1, 0.15) is 5.56 Å². The molecule has 0 radical (unpaired) electrons. The molecule has 4 rings (SSSR count). The van der Waals surface area contributed by atoms with E-state index in [0.29, 0.717) is 29.1 Å². The summed E-state index contributed by atoms with van der Waals surface area (Å²) in [5.41, 5.74) is 2.48. The molecule has 2 aromatic heterocycles. The number of para-hydroxylation sites is 1. The number of amides is 2. The number of hydrogen-bond acceptors (Lipinski definition) is 4. The molecule has 1 N–H and O–H groups in total. The lowest BCUT2D eigenvalue weighted by molar-refractivity contribution is -0.605.